The first-order valence-corrected chi connectivity index (χ1v) is 6.03. The van der Waals surface area contributed by atoms with E-state index in [1.54, 1.807) is 6.07 Å². The average Bonchev–Trinajstić information content (AvgIpc) is 2.43. The van der Waals surface area contributed by atoms with Crippen molar-refractivity contribution in [3.8, 4) is 11.5 Å². The molecule has 0 saturated carbocycles. The molecule has 20 heavy (non-hydrogen) atoms. The molecule has 0 saturated heterocycles. The van der Waals surface area contributed by atoms with Crippen LogP contribution in [0.4, 0.5) is 10.1 Å². The minimum atomic E-state index is -0.664. The van der Waals surface area contributed by atoms with Crippen molar-refractivity contribution in [2.24, 2.45) is 0 Å². The van der Waals surface area contributed by atoms with Gasteiger partial charge in [-0.25, -0.2) is 4.39 Å². The first-order chi connectivity index (χ1) is 9.52. The molecule has 0 fully saturated rings. The number of carbonyl (C=O) groups excluding carboxylic acids is 1. The number of ether oxygens (including phenoxy) is 1. The number of halogens is 2. The third kappa shape index (κ3) is 2.83. The number of methoxy groups -OCH3 is 1. The molecule has 6 heteroatoms. The highest BCUT2D eigenvalue weighted by Crippen LogP contribution is 2.30. The van der Waals surface area contributed by atoms with E-state index in [1.165, 1.54) is 31.4 Å². The highest BCUT2D eigenvalue weighted by atomic mass is 35.5. The van der Waals surface area contributed by atoms with Crippen molar-refractivity contribution < 1.29 is 19.0 Å². The summed E-state index contributed by atoms with van der Waals surface area (Å²) in [5, 5.41) is 12.5. The Morgan fingerprint density at radius 1 is 1.35 bits per heavy atom. The molecule has 2 aromatic carbocycles. The summed E-state index contributed by atoms with van der Waals surface area (Å²) in [4.78, 5) is 12.0. The second-order valence-electron chi connectivity index (χ2n) is 3.93. The Kier molecular flexibility index (Phi) is 4.10. The van der Waals surface area contributed by atoms with E-state index in [0.29, 0.717) is 0 Å². The number of hydrogen-bond donors (Lipinski definition) is 2. The molecule has 104 valence electrons. The maximum Gasteiger partial charge on any atom is 0.259 e. The number of carbonyl (C=O) groups is 1. The van der Waals surface area contributed by atoms with Crippen molar-refractivity contribution in [3.63, 3.8) is 0 Å². The van der Waals surface area contributed by atoms with Crippen molar-refractivity contribution in [2.75, 3.05) is 12.4 Å². The molecule has 0 spiro atoms. The lowest BCUT2D eigenvalue weighted by Gasteiger charge is -2.10. The Hall–Kier alpha value is -2.27. The van der Waals surface area contributed by atoms with Gasteiger partial charge in [0.1, 0.15) is 5.82 Å². The molecule has 0 bridgehead atoms. The first-order valence-electron chi connectivity index (χ1n) is 5.65. The molecule has 0 heterocycles. The lowest BCUT2D eigenvalue weighted by Crippen LogP contribution is -2.13. The monoisotopic (exact) mass is 295 g/mol. The maximum atomic E-state index is 13.5. The van der Waals surface area contributed by atoms with Gasteiger partial charge in [0.15, 0.2) is 11.5 Å². The number of para-hydroxylation sites is 1. The SMILES string of the molecule is COc1cccc(C(=O)Nc2cc(Cl)ccc2F)c1O. The average molecular weight is 296 g/mol. The zero-order valence-corrected chi connectivity index (χ0v) is 11.2. The Labute approximate surface area is 119 Å². The predicted molar refractivity (Wildman–Crippen MR) is 74.0 cm³/mol. The van der Waals surface area contributed by atoms with E-state index in [2.05, 4.69) is 5.32 Å². The van der Waals surface area contributed by atoms with Crippen LogP contribution in [0.25, 0.3) is 0 Å². The van der Waals surface area contributed by atoms with Gasteiger partial charge >= 0.3 is 0 Å². The van der Waals surface area contributed by atoms with Gasteiger partial charge in [0.05, 0.1) is 18.4 Å². The minimum absolute atomic E-state index is 0.0243. The summed E-state index contributed by atoms with van der Waals surface area (Å²) in [6, 6.07) is 8.24. The smallest absolute Gasteiger partial charge is 0.259 e. The Morgan fingerprint density at radius 3 is 2.80 bits per heavy atom. The van der Waals surface area contributed by atoms with Crippen LogP contribution in [0.3, 0.4) is 0 Å². The second-order valence-corrected chi connectivity index (χ2v) is 4.37. The summed E-state index contributed by atoms with van der Waals surface area (Å²) in [6.45, 7) is 0. The van der Waals surface area contributed by atoms with Gasteiger partial charge in [-0.15, -0.1) is 0 Å². The first kappa shape index (κ1) is 14.1. The summed E-state index contributed by atoms with van der Waals surface area (Å²) in [7, 11) is 1.37. The molecule has 2 rings (SSSR count). The van der Waals surface area contributed by atoms with Gasteiger partial charge in [-0.3, -0.25) is 4.79 Å². The van der Waals surface area contributed by atoms with Crippen LogP contribution in [0.15, 0.2) is 36.4 Å². The largest absolute Gasteiger partial charge is 0.504 e. The van der Waals surface area contributed by atoms with E-state index >= 15 is 0 Å². The second kappa shape index (κ2) is 5.79. The molecule has 1 amide bonds. The number of phenols is 1. The van der Waals surface area contributed by atoms with Crippen molar-refractivity contribution in [3.05, 3.63) is 52.8 Å². The van der Waals surface area contributed by atoms with Gasteiger partial charge in [0.25, 0.3) is 5.91 Å². The molecule has 0 aliphatic heterocycles. The number of rotatable bonds is 3. The van der Waals surface area contributed by atoms with E-state index in [9.17, 15) is 14.3 Å². The lowest BCUT2D eigenvalue weighted by atomic mass is 10.1. The topological polar surface area (TPSA) is 58.6 Å². The highest BCUT2D eigenvalue weighted by molar-refractivity contribution is 6.31. The molecule has 0 atom stereocenters. The van der Waals surface area contributed by atoms with Gasteiger partial charge in [-0.1, -0.05) is 17.7 Å². The predicted octanol–water partition coefficient (Wildman–Crippen LogP) is 3.45. The Balaban J connectivity index is 2.31. The summed E-state index contributed by atoms with van der Waals surface area (Å²) >= 11 is 5.74. The van der Waals surface area contributed by atoms with Gasteiger partial charge in [-0.05, 0) is 30.3 Å². The van der Waals surface area contributed by atoms with Gasteiger partial charge in [-0.2, -0.15) is 0 Å². The molecule has 0 aromatic heterocycles. The van der Waals surface area contributed by atoms with E-state index in [0.717, 1.165) is 6.07 Å². The number of nitrogens with one attached hydrogen (secondary N) is 1. The third-order valence-electron chi connectivity index (χ3n) is 2.64. The fourth-order valence-corrected chi connectivity index (χ4v) is 1.83. The number of anilines is 1. The number of benzene rings is 2. The molecule has 4 nitrogen and oxygen atoms in total. The fourth-order valence-electron chi connectivity index (χ4n) is 1.65. The maximum absolute atomic E-state index is 13.5. The highest BCUT2D eigenvalue weighted by Gasteiger charge is 2.16. The Morgan fingerprint density at radius 2 is 2.10 bits per heavy atom. The van der Waals surface area contributed by atoms with Crippen LogP contribution in [0.5, 0.6) is 11.5 Å². The zero-order chi connectivity index (χ0) is 14.7. The van der Waals surface area contributed by atoms with E-state index < -0.39 is 11.7 Å². The van der Waals surface area contributed by atoms with Crippen molar-refractivity contribution in [1.82, 2.24) is 0 Å². The lowest BCUT2D eigenvalue weighted by molar-refractivity contribution is 0.102. The number of aromatic hydroxyl groups is 1. The molecule has 0 radical (unpaired) electrons. The normalized spacial score (nSPS) is 10.2. The van der Waals surface area contributed by atoms with Crippen LogP contribution in [0.1, 0.15) is 10.4 Å². The molecule has 2 N–H and O–H groups in total. The number of amides is 1. The van der Waals surface area contributed by atoms with Crippen molar-refractivity contribution >= 4 is 23.2 Å². The van der Waals surface area contributed by atoms with Crippen LogP contribution < -0.4 is 10.1 Å². The summed E-state index contributed by atoms with van der Waals surface area (Å²) in [6.07, 6.45) is 0. The summed E-state index contributed by atoms with van der Waals surface area (Å²) in [5.41, 5.74) is -0.0894. The van der Waals surface area contributed by atoms with Crippen molar-refractivity contribution in [1.29, 1.82) is 0 Å². The molecule has 0 unspecified atom stereocenters. The number of phenolic OH excluding ortho intramolecular Hbond substituents is 1. The molecular weight excluding hydrogens is 285 g/mol. The molecular formula is C14H11ClFNO3. The molecule has 0 aliphatic rings. The van der Waals surface area contributed by atoms with E-state index in [1.807, 2.05) is 0 Å². The summed E-state index contributed by atoms with van der Waals surface area (Å²) in [5.74, 6) is -1.44. The molecule has 2 aromatic rings. The Bertz CT molecular complexity index is 661. The van der Waals surface area contributed by atoms with E-state index in [-0.39, 0.29) is 27.8 Å². The molecule has 0 aliphatic carbocycles. The number of hydrogen-bond acceptors (Lipinski definition) is 3. The quantitative estimate of drug-likeness (QED) is 0.912. The van der Waals surface area contributed by atoms with Gasteiger partial charge in [0.2, 0.25) is 0 Å². The van der Waals surface area contributed by atoms with Crippen LogP contribution in [-0.2, 0) is 0 Å². The van der Waals surface area contributed by atoms with Crippen LogP contribution >= 0.6 is 11.6 Å². The van der Waals surface area contributed by atoms with Gasteiger partial charge in [0, 0.05) is 5.02 Å². The standard InChI is InChI=1S/C14H11ClFNO3/c1-20-12-4-2-3-9(13(12)18)14(19)17-11-7-8(15)5-6-10(11)16/h2-7,18H,1H3,(H,17,19). The van der Waals surface area contributed by atoms with Crippen molar-refractivity contribution in [2.45, 2.75) is 0 Å². The van der Waals surface area contributed by atoms with Crippen LogP contribution in [0, 0.1) is 5.82 Å². The minimum Gasteiger partial charge on any atom is -0.504 e. The van der Waals surface area contributed by atoms with E-state index in [4.69, 9.17) is 16.3 Å². The third-order valence-corrected chi connectivity index (χ3v) is 2.88. The van der Waals surface area contributed by atoms with Crippen LogP contribution in [-0.4, -0.2) is 18.1 Å². The zero-order valence-electron chi connectivity index (χ0n) is 10.5. The van der Waals surface area contributed by atoms with Crippen LogP contribution in [0.2, 0.25) is 5.02 Å². The summed E-state index contributed by atoms with van der Waals surface area (Å²) < 4.78 is 18.4. The fraction of sp³-hybridized carbons (Fsp3) is 0.0714. The van der Waals surface area contributed by atoms with Gasteiger partial charge < -0.3 is 15.2 Å².